The fraction of sp³-hybridized carbons (Fsp3) is 0.435. The quantitative estimate of drug-likeness (QED) is 0.744. The van der Waals surface area contributed by atoms with Gasteiger partial charge in [-0.25, -0.2) is 8.42 Å². The molecule has 8 nitrogen and oxygen atoms in total. The summed E-state index contributed by atoms with van der Waals surface area (Å²) in [6.07, 6.45) is 7.21. The van der Waals surface area contributed by atoms with Crippen molar-refractivity contribution in [2.75, 3.05) is 26.2 Å². The smallest absolute Gasteiger partial charge is 0.253 e. The maximum atomic E-state index is 13.0. The number of nitrogens with one attached hydrogen (secondary N) is 1. The van der Waals surface area contributed by atoms with E-state index in [0.717, 1.165) is 19.3 Å². The van der Waals surface area contributed by atoms with Crippen LogP contribution in [0.3, 0.4) is 0 Å². The number of hydrogen-bond donors (Lipinski definition) is 1. The van der Waals surface area contributed by atoms with Crippen molar-refractivity contribution in [1.82, 2.24) is 19.5 Å². The van der Waals surface area contributed by atoms with E-state index in [4.69, 9.17) is 0 Å². The normalized spacial score (nSPS) is 18.3. The SMILES string of the molecule is O=C(NC1CCN(C(=O)c2cccc(S(=O)(=O)N3CCCCC3)c2)CC1)c1cccnc1. The number of rotatable bonds is 5. The molecule has 0 unspecified atom stereocenters. The van der Waals surface area contributed by atoms with E-state index in [1.807, 2.05) is 0 Å². The Kier molecular flexibility index (Phi) is 6.86. The van der Waals surface area contributed by atoms with Crippen LogP contribution in [0.1, 0.15) is 52.8 Å². The third kappa shape index (κ3) is 4.99. The Morgan fingerprint density at radius 3 is 2.34 bits per heavy atom. The Morgan fingerprint density at radius 2 is 1.66 bits per heavy atom. The molecule has 2 amide bonds. The first-order valence-corrected chi connectivity index (χ1v) is 12.5. The van der Waals surface area contributed by atoms with Crippen molar-refractivity contribution < 1.29 is 18.0 Å². The number of carbonyl (C=O) groups is 2. The van der Waals surface area contributed by atoms with Crippen LogP contribution in [-0.4, -0.2) is 66.6 Å². The van der Waals surface area contributed by atoms with E-state index in [-0.39, 0.29) is 22.8 Å². The molecule has 170 valence electrons. The van der Waals surface area contributed by atoms with Crippen LogP contribution < -0.4 is 5.32 Å². The zero-order chi connectivity index (χ0) is 22.6. The van der Waals surface area contributed by atoms with E-state index >= 15 is 0 Å². The number of pyridine rings is 1. The molecule has 4 rings (SSSR count). The van der Waals surface area contributed by atoms with E-state index in [0.29, 0.717) is 50.1 Å². The van der Waals surface area contributed by atoms with Crippen molar-refractivity contribution in [3.63, 3.8) is 0 Å². The molecule has 2 aliphatic rings. The van der Waals surface area contributed by atoms with Crippen LogP contribution >= 0.6 is 0 Å². The van der Waals surface area contributed by atoms with Gasteiger partial charge in [0.2, 0.25) is 10.0 Å². The Labute approximate surface area is 188 Å². The van der Waals surface area contributed by atoms with Gasteiger partial charge in [-0.3, -0.25) is 14.6 Å². The lowest BCUT2D eigenvalue weighted by atomic mass is 10.0. The summed E-state index contributed by atoms with van der Waals surface area (Å²) < 4.78 is 27.4. The maximum absolute atomic E-state index is 13.0. The molecule has 2 aromatic rings. The fourth-order valence-electron chi connectivity index (χ4n) is 4.22. The molecule has 1 aromatic carbocycles. The van der Waals surface area contributed by atoms with Crippen LogP contribution in [0, 0.1) is 0 Å². The highest BCUT2D eigenvalue weighted by Gasteiger charge is 2.28. The van der Waals surface area contributed by atoms with Gasteiger partial charge in [0, 0.05) is 50.2 Å². The van der Waals surface area contributed by atoms with Crippen molar-refractivity contribution in [3.05, 3.63) is 59.9 Å². The van der Waals surface area contributed by atoms with Crippen molar-refractivity contribution >= 4 is 21.8 Å². The highest BCUT2D eigenvalue weighted by molar-refractivity contribution is 7.89. The summed E-state index contributed by atoms with van der Waals surface area (Å²) in [4.78, 5) is 31.2. The first kappa shape index (κ1) is 22.4. The summed E-state index contributed by atoms with van der Waals surface area (Å²) >= 11 is 0. The van der Waals surface area contributed by atoms with E-state index in [1.165, 1.54) is 16.6 Å². The molecule has 1 N–H and O–H groups in total. The molecule has 0 aliphatic carbocycles. The molecular weight excluding hydrogens is 428 g/mol. The number of sulfonamides is 1. The molecule has 1 aromatic heterocycles. The summed E-state index contributed by atoms with van der Waals surface area (Å²) in [6, 6.07) is 9.75. The molecule has 0 saturated carbocycles. The summed E-state index contributed by atoms with van der Waals surface area (Å²) in [5, 5.41) is 3.00. The molecule has 9 heteroatoms. The lowest BCUT2D eigenvalue weighted by Crippen LogP contribution is -2.46. The summed E-state index contributed by atoms with van der Waals surface area (Å²) in [5.41, 5.74) is 0.888. The van der Waals surface area contributed by atoms with Crippen molar-refractivity contribution in [2.45, 2.75) is 43.0 Å². The minimum Gasteiger partial charge on any atom is -0.349 e. The summed E-state index contributed by atoms with van der Waals surface area (Å²) in [7, 11) is -3.59. The molecular formula is C23H28N4O4S. The van der Waals surface area contributed by atoms with Gasteiger partial charge in [0.25, 0.3) is 11.8 Å². The van der Waals surface area contributed by atoms with Crippen LogP contribution in [0.4, 0.5) is 0 Å². The first-order valence-electron chi connectivity index (χ1n) is 11.1. The molecule has 3 heterocycles. The van der Waals surface area contributed by atoms with Gasteiger partial charge in [0.05, 0.1) is 10.5 Å². The minimum atomic E-state index is -3.59. The van der Waals surface area contributed by atoms with E-state index in [9.17, 15) is 18.0 Å². The Bertz CT molecular complexity index is 1060. The van der Waals surface area contributed by atoms with Crippen molar-refractivity contribution in [3.8, 4) is 0 Å². The van der Waals surface area contributed by atoms with Crippen LogP contribution in [0.25, 0.3) is 0 Å². The van der Waals surface area contributed by atoms with E-state index < -0.39 is 10.0 Å². The number of nitrogens with zero attached hydrogens (tertiary/aromatic N) is 3. The number of carbonyl (C=O) groups excluding carboxylic acids is 2. The number of benzene rings is 1. The maximum Gasteiger partial charge on any atom is 0.253 e. The van der Waals surface area contributed by atoms with Gasteiger partial charge >= 0.3 is 0 Å². The van der Waals surface area contributed by atoms with Crippen LogP contribution in [-0.2, 0) is 10.0 Å². The zero-order valence-electron chi connectivity index (χ0n) is 17.9. The third-order valence-electron chi connectivity index (χ3n) is 6.07. The summed E-state index contributed by atoms with van der Waals surface area (Å²) in [6.45, 7) is 2.05. The fourth-order valence-corrected chi connectivity index (χ4v) is 5.78. The first-order chi connectivity index (χ1) is 15.4. The summed E-state index contributed by atoms with van der Waals surface area (Å²) in [5.74, 6) is -0.351. The van der Waals surface area contributed by atoms with Crippen LogP contribution in [0.2, 0.25) is 0 Å². The van der Waals surface area contributed by atoms with Gasteiger partial charge in [-0.1, -0.05) is 12.5 Å². The molecule has 2 saturated heterocycles. The minimum absolute atomic E-state index is 0.0161. The second-order valence-electron chi connectivity index (χ2n) is 8.27. The van der Waals surface area contributed by atoms with Gasteiger partial charge in [-0.15, -0.1) is 0 Å². The van der Waals surface area contributed by atoms with Crippen LogP contribution in [0.15, 0.2) is 53.7 Å². The molecule has 0 bridgehead atoms. The predicted molar refractivity (Wildman–Crippen MR) is 120 cm³/mol. The Morgan fingerprint density at radius 1 is 0.938 bits per heavy atom. The van der Waals surface area contributed by atoms with Gasteiger partial charge in [0.15, 0.2) is 0 Å². The lowest BCUT2D eigenvalue weighted by Gasteiger charge is -2.32. The third-order valence-corrected chi connectivity index (χ3v) is 7.97. The molecule has 0 atom stereocenters. The number of aromatic nitrogens is 1. The molecule has 0 spiro atoms. The number of piperidine rings is 2. The number of likely N-dealkylation sites (tertiary alicyclic amines) is 1. The van der Waals surface area contributed by atoms with Gasteiger partial charge < -0.3 is 10.2 Å². The second-order valence-corrected chi connectivity index (χ2v) is 10.2. The van der Waals surface area contributed by atoms with E-state index in [1.54, 1.807) is 41.4 Å². The van der Waals surface area contributed by atoms with Crippen LogP contribution in [0.5, 0.6) is 0 Å². The average Bonchev–Trinajstić information content (AvgIpc) is 2.85. The molecule has 0 radical (unpaired) electrons. The Hall–Kier alpha value is -2.78. The highest BCUT2D eigenvalue weighted by atomic mass is 32.2. The zero-order valence-corrected chi connectivity index (χ0v) is 18.8. The second kappa shape index (κ2) is 9.79. The highest BCUT2D eigenvalue weighted by Crippen LogP contribution is 2.22. The van der Waals surface area contributed by atoms with E-state index in [2.05, 4.69) is 10.3 Å². The lowest BCUT2D eigenvalue weighted by molar-refractivity contribution is 0.0698. The number of amides is 2. The number of hydrogen-bond acceptors (Lipinski definition) is 5. The predicted octanol–water partition coefficient (Wildman–Crippen LogP) is 2.29. The van der Waals surface area contributed by atoms with Gasteiger partial charge in [0.1, 0.15) is 0 Å². The standard InChI is InChI=1S/C23H28N4O4S/c28-22(19-7-5-11-24-17-19)25-20-9-14-26(15-10-20)23(29)18-6-4-8-21(16-18)32(30,31)27-12-2-1-3-13-27/h4-8,11,16-17,20H,1-3,9-10,12-15H2,(H,25,28). The average molecular weight is 457 g/mol. The largest absolute Gasteiger partial charge is 0.349 e. The van der Waals surface area contributed by atoms with Gasteiger partial charge in [-0.05, 0) is 56.0 Å². The van der Waals surface area contributed by atoms with Gasteiger partial charge in [-0.2, -0.15) is 4.31 Å². The van der Waals surface area contributed by atoms with Crippen molar-refractivity contribution in [2.24, 2.45) is 0 Å². The Balaban J connectivity index is 1.37. The monoisotopic (exact) mass is 456 g/mol. The molecule has 32 heavy (non-hydrogen) atoms. The van der Waals surface area contributed by atoms with Crippen molar-refractivity contribution in [1.29, 1.82) is 0 Å². The topological polar surface area (TPSA) is 99.7 Å². The molecule has 2 fully saturated rings. The molecule has 2 aliphatic heterocycles.